The Morgan fingerprint density at radius 2 is 2.13 bits per heavy atom. The number of carbonyl (C=O) groups excluding carboxylic acids is 1. The summed E-state index contributed by atoms with van der Waals surface area (Å²) in [5.74, 6) is -0.804. The SMILES string of the molecule is O=C(c1ccc(Cl)c(F)c1)c1ccco1. The first-order valence-corrected chi connectivity index (χ1v) is 4.59. The normalized spacial score (nSPS) is 10.3. The van der Waals surface area contributed by atoms with Crippen molar-refractivity contribution in [3.63, 3.8) is 0 Å². The Bertz CT molecular complexity index is 491. The molecule has 15 heavy (non-hydrogen) atoms. The number of furan rings is 1. The third-order valence-corrected chi connectivity index (χ3v) is 2.23. The minimum Gasteiger partial charge on any atom is -0.461 e. The van der Waals surface area contributed by atoms with E-state index in [1.807, 2.05) is 0 Å². The molecule has 0 N–H and O–H groups in total. The summed E-state index contributed by atoms with van der Waals surface area (Å²) in [5, 5.41) is -0.00834. The van der Waals surface area contributed by atoms with Crippen LogP contribution in [0.25, 0.3) is 0 Å². The zero-order valence-electron chi connectivity index (χ0n) is 7.54. The van der Waals surface area contributed by atoms with Crippen LogP contribution < -0.4 is 0 Å². The van der Waals surface area contributed by atoms with Gasteiger partial charge in [0.15, 0.2) is 5.76 Å². The summed E-state index contributed by atoms with van der Waals surface area (Å²) < 4.78 is 18.0. The van der Waals surface area contributed by atoms with Crippen molar-refractivity contribution in [2.75, 3.05) is 0 Å². The third-order valence-electron chi connectivity index (χ3n) is 1.93. The molecule has 0 bridgehead atoms. The fourth-order valence-electron chi connectivity index (χ4n) is 1.19. The van der Waals surface area contributed by atoms with E-state index >= 15 is 0 Å². The van der Waals surface area contributed by atoms with Gasteiger partial charge >= 0.3 is 0 Å². The summed E-state index contributed by atoms with van der Waals surface area (Å²) in [6.45, 7) is 0. The van der Waals surface area contributed by atoms with E-state index in [9.17, 15) is 9.18 Å². The van der Waals surface area contributed by atoms with Crippen molar-refractivity contribution >= 4 is 17.4 Å². The van der Waals surface area contributed by atoms with Gasteiger partial charge in [0, 0.05) is 5.56 Å². The molecular formula is C11H6ClFO2. The van der Waals surface area contributed by atoms with Crippen molar-refractivity contribution < 1.29 is 13.6 Å². The summed E-state index contributed by atoms with van der Waals surface area (Å²) in [7, 11) is 0. The van der Waals surface area contributed by atoms with Gasteiger partial charge in [-0.1, -0.05) is 11.6 Å². The number of rotatable bonds is 2. The van der Waals surface area contributed by atoms with Gasteiger partial charge in [-0.2, -0.15) is 0 Å². The maximum absolute atomic E-state index is 13.1. The molecule has 0 amide bonds. The van der Waals surface area contributed by atoms with Crippen molar-refractivity contribution in [1.29, 1.82) is 0 Å². The number of benzene rings is 1. The van der Waals surface area contributed by atoms with E-state index in [1.165, 1.54) is 24.5 Å². The van der Waals surface area contributed by atoms with Crippen LogP contribution in [-0.2, 0) is 0 Å². The molecule has 0 saturated heterocycles. The average molecular weight is 225 g/mol. The highest BCUT2D eigenvalue weighted by molar-refractivity contribution is 6.30. The fourth-order valence-corrected chi connectivity index (χ4v) is 1.30. The second-order valence-electron chi connectivity index (χ2n) is 2.94. The lowest BCUT2D eigenvalue weighted by Crippen LogP contribution is -1.99. The first-order valence-electron chi connectivity index (χ1n) is 4.22. The molecule has 0 radical (unpaired) electrons. The molecule has 0 unspecified atom stereocenters. The molecule has 0 spiro atoms. The molecule has 2 aromatic rings. The van der Waals surface area contributed by atoms with Crippen molar-refractivity contribution in [2.24, 2.45) is 0 Å². The molecule has 2 rings (SSSR count). The Kier molecular flexibility index (Phi) is 2.56. The van der Waals surface area contributed by atoms with E-state index < -0.39 is 5.82 Å². The smallest absolute Gasteiger partial charge is 0.228 e. The molecule has 1 aromatic carbocycles. The van der Waals surface area contributed by atoms with Gasteiger partial charge in [-0.15, -0.1) is 0 Å². The molecule has 0 atom stereocenters. The summed E-state index contributed by atoms with van der Waals surface area (Å²) in [6.07, 6.45) is 1.39. The Hall–Kier alpha value is -1.61. The summed E-state index contributed by atoms with van der Waals surface area (Å²) >= 11 is 5.50. The number of hydrogen-bond donors (Lipinski definition) is 0. The third kappa shape index (κ3) is 1.92. The van der Waals surface area contributed by atoms with Crippen molar-refractivity contribution in [3.05, 3.63) is 58.8 Å². The molecule has 0 saturated carbocycles. The summed E-state index contributed by atoms with van der Waals surface area (Å²) in [4.78, 5) is 11.7. The Balaban J connectivity index is 2.39. The summed E-state index contributed by atoms with van der Waals surface area (Å²) in [5.41, 5.74) is 0.215. The zero-order valence-corrected chi connectivity index (χ0v) is 8.29. The standard InChI is InChI=1S/C11H6ClFO2/c12-8-4-3-7(6-9(8)13)11(14)10-2-1-5-15-10/h1-6H. The first-order chi connectivity index (χ1) is 7.18. The maximum atomic E-state index is 13.1. The van der Waals surface area contributed by atoms with E-state index in [-0.39, 0.29) is 22.1 Å². The number of carbonyl (C=O) groups is 1. The highest BCUT2D eigenvalue weighted by atomic mass is 35.5. The van der Waals surface area contributed by atoms with E-state index in [4.69, 9.17) is 16.0 Å². The van der Waals surface area contributed by atoms with Crippen LogP contribution in [0.1, 0.15) is 16.1 Å². The Labute approximate surface area is 90.3 Å². The van der Waals surface area contributed by atoms with Crippen LogP contribution >= 0.6 is 11.6 Å². The lowest BCUT2D eigenvalue weighted by molar-refractivity contribution is 0.101. The maximum Gasteiger partial charge on any atom is 0.228 e. The second-order valence-corrected chi connectivity index (χ2v) is 3.34. The Morgan fingerprint density at radius 1 is 1.33 bits per heavy atom. The zero-order chi connectivity index (χ0) is 10.8. The molecule has 4 heteroatoms. The van der Waals surface area contributed by atoms with E-state index in [0.717, 1.165) is 6.07 Å². The summed E-state index contributed by atoms with van der Waals surface area (Å²) in [6, 6.07) is 7.00. The number of ketones is 1. The van der Waals surface area contributed by atoms with Crippen molar-refractivity contribution in [1.82, 2.24) is 0 Å². The lowest BCUT2D eigenvalue weighted by Gasteiger charge is -1.98. The molecule has 0 fully saturated rings. The van der Waals surface area contributed by atoms with Gasteiger partial charge in [0.05, 0.1) is 11.3 Å². The van der Waals surface area contributed by atoms with Crippen LogP contribution in [-0.4, -0.2) is 5.78 Å². The van der Waals surface area contributed by atoms with Crippen LogP contribution in [0.4, 0.5) is 4.39 Å². The largest absolute Gasteiger partial charge is 0.461 e. The highest BCUT2D eigenvalue weighted by Crippen LogP contribution is 2.18. The Morgan fingerprint density at radius 3 is 2.73 bits per heavy atom. The molecule has 0 aliphatic rings. The van der Waals surface area contributed by atoms with Crippen LogP contribution in [0.3, 0.4) is 0 Å². The minimum absolute atomic E-state index is 0.00834. The topological polar surface area (TPSA) is 30.2 Å². The average Bonchev–Trinajstić information content (AvgIpc) is 2.74. The minimum atomic E-state index is -0.617. The quantitative estimate of drug-likeness (QED) is 0.733. The van der Waals surface area contributed by atoms with Crippen LogP contribution in [0.2, 0.25) is 5.02 Å². The van der Waals surface area contributed by atoms with Crippen LogP contribution in [0.5, 0.6) is 0 Å². The number of halogens is 2. The monoisotopic (exact) mass is 224 g/mol. The molecule has 76 valence electrons. The van der Waals surface area contributed by atoms with Gasteiger partial charge in [-0.3, -0.25) is 4.79 Å². The van der Waals surface area contributed by atoms with Gasteiger partial charge in [0.25, 0.3) is 0 Å². The predicted octanol–water partition coefficient (Wildman–Crippen LogP) is 3.30. The second kappa shape index (κ2) is 3.87. The fraction of sp³-hybridized carbons (Fsp3) is 0. The van der Waals surface area contributed by atoms with Gasteiger partial charge < -0.3 is 4.42 Å². The number of hydrogen-bond acceptors (Lipinski definition) is 2. The molecule has 1 heterocycles. The molecule has 2 nitrogen and oxygen atoms in total. The van der Waals surface area contributed by atoms with Gasteiger partial charge in [0.2, 0.25) is 5.78 Å². The van der Waals surface area contributed by atoms with Gasteiger partial charge in [0.1, 0.15) is 5.82 Å². The van der Waals surface area contributed by atoms with Crippen molar-refractivity contribution in [3.8, 4) is 0 Å². The first kappa shape index (κ1) is 9.93. The van der Waals surface area contributed by atoms with E-state index in [0.29, 0.717) is 0 Å². The van der Waals surface area contributed by atoms with Crippen LogP contribution in [0.15, 0.2) is 41.0 Å². The van der Waals surface area contributed by atoms with E-state index in [2.05, 4.69) is 0 Å². The molecule has 1 aromatic heterocycles. The van der Waals surface area contributed by atoms with Gasteiger partial charge in [-0.05, 0) is 30.3 Å². The molecular weight excluding hydrogens is 219 g/mol. The highest BCUT2D eigenvalue weighted by Gasteiger charge is 2.13. The van der Waals surface area contributed by atoms with Crippen LogP contribution in [0, 0.1) is 5.82 Å². The molecule has 0 aliphatic carbocycles. The predicted molar refractivity (Wildman–Crippen MR) is 53.6 cm³/mol. The molecule has 0 aliphatic heterocycles. The van der Waals surface area contributed by atoms with Gasteiger partial charge in [-0.25, -0.2) is 4.39 Å². The van der Waals surface area contributed by atoms with E-state index in [1.54, 1.807) is 6.07 Å². The van der Waals surface area contributed by atoms with Crippen molar-refractivity contribution in [2.45, 2.75) is 0 Å². The lowest BCUT2D eigenvalue weighted by atomic mass is 10.1.